The molecule has 21 heavy (non-hydrogen) atoms. The second-order valence-corrected chi connectivity index (χ2v) is 5.25. The molecule has 4 nitrogen and oxygen atoms in total. The summed E-state index contributed by atoms with van der Waals surface area (Å²) in [6, 6.07) is 12.0. The second kappa shape index (κ2) is 6.18. The Bertz CT molecular complexity index is 760. The zero-order valence-electron chi connectivity index (χ0n) is 11.3. The molecule has 0 bridgehead atoms. The molecule has 106 valence electrons. The van der Waals surface area contributed by atoms with Gasteiger partial charge < -0.3 is 0 Å². The Labute approximate surface area is 128 Å². The van der Waals surface area contributed by atoms with Gasteiger partial charge in [0, 0.05) is 24.0 Å². The molecule has 0 aliphatic carbocycles. The number of aromatic nitrogens is 2. The molecular weight excluding hydrogens is 284 g/mol. The van der Waals surface area contributed by atoms with E-state index in [-0.39, 0.29) is 6.04 Å². The van der Waals surface area contributed by atoms with Gasteiger partial charge in [0.2, 0.25) is 0 Å². The monoisotopic (exact) mass is 298 g/mol. The number of halogens is 1. The first-order chi connectivity index (χ1) is 10.3. The summed E-state index contributed by atoms with van der Waals surface area (Å²) in [7, 11) is 0. The van der Waals surface area contributed by atoms with E-state index in [0.29, 0.717) is 11.4 Å². The van der Waals surface area contributed by atoms with E-state index in [4.69, 9.17) is 17.4 Å². The first-order valence-electron chi connectivity index (χ1n) is 6.67. The number of hydrazine groups is 1. The van der Waals surface area contributed by atoms with Crippen LogP contribution in [0, 0.1) is 0 Å². The van der Waals surface area contributed by atoms with Crippen molar-refractivity contribution < 1.29 is 0 Å². The largest absolute Gasteiger partial charge is 0.271 e. The van der Waals surface area contributed by atoms with E-state index >= 15 is 0 Å². The molecule has 0 saturated heterocycles. The molecule has 5 heteroatoms. The van der Waals surface area contributed by atoms with Gasteiger partial charge in [0.25, 0.3) is 0 Å². The Balaban J connectivity index is 1.93. The maximum atomic E-state index is 6.17. The molecule has 1 aromatic carbocycles. The smallest absolute Gasteiger partial charge is 0.0702 e. The SMILES string of the molecule is NNC(Cc1ccncc1Cl)c1ccc2ncccc2c1. The Morgan fingerprint density at radius 1 is 1.19 bits per heavy atom. The minimum absolute atomic E-state index is 0.0190. The quantitative estimate of drug-likeness (QED) is 0.574. The lowest BCUT2D eigenvalue weighted by atomic mass is 9.98. The summed E-state index contributed by atoms with van der Waals surface area (Å²) in [6.45, 7) is 0. The summed E-state index contributed by atoms with van der Waals surface area (Å²) in [6.07, 6.45) is 5.87. The summed E-state index contributed by atoms with van der Waals surface area (Å²) in [4.78, 5) is 8.32. The van der Waals surface area contributed by atoms with Crippen LogP contribution in [-0.4, -0.2) is 9.97 Å². The van der Waals surface area contributed by atoms with Crippen molar-refractivity contribution in [3.63, 3.8) is 0 Å². The third kappa shape index (κ3) is 3.03. The number of nitrogens with zero attached hydrogens (tertiary/aromatic N) is 2. The predicted octanol–water partition coefficient (Wildman–Crippen LogP) is 3.03. The number of fused-ring (bicyclic) bond motifs is 1. The van der Waals surface area contributed by atoms with Crippen molar-refractivity contribution in [2.24, 2.45) is 5.84 Å². The fraction of sp³-hybridized carbons (Fsp3) is 0.125. The van der Waals surface area contributed by atoms with Gasteiger partial charge in [0.05, 0.1) is 16.6 Å². The average Bonchev–Trinajstić information content (AvgIpc) is 2.54. The van der Waals surface area contributed by atoms with Crippen molar-refractivity contribution in [2.75, 3.05) is 0 Å². The zero-order chi connectivity index (χ0) is 14.7. The Hall–Kier alpha value is -2.01. The standard InChI is InChI=1S/C16H15ClN4/c17-14-10-19-7-5-11(14)9-16(21-18)13-3-4-15-12(8-13)2-1-6-20-15/h1-8,10,16,21H,9,18H2. The molecule has 3 rings (SSSR count). The van der Waals surface area contributed by atoms with Crippen molar-refractivity contribution >= 4 is 22.5 Å². The summed E-state index contributed by atoms with van der Waals surface area (Å²) in [5.74, 6) is 5.72. The van der Waals surface area contributed by atoms with Crippen LogP contribution < -0.4 is 11.3 Å². The van der Waals surface area contributed by atoms with Crippen LogP contribution in [0.3, 0.4) is 0 Å². The van der Waals surface area contributed by atoms with Gasteiger partial charge in [-0.25, -0.2) is 0 Å². The first-order valence-corrected chi connectivity index (χ1v) is 7.05. The lowest BCUT2D eigenvalue weighted by molar-refractivity contribution is 0.552. The first kappa shape index (κ1) is 13.9. The van der Waals surface area contributed by atoms with Gasteiger partial charge in [-0.05, 0) is 41.8 Å². The van der Waals surface area contributed by atoms with Gasteiger partial charge in [0.1, 0.15) is 0 Å². The maximum Gasteiger partial charge on any atom is 0.0702 e. The van der Waals surface area contributed by atoms with E-state index in [9.17, 15) is 0 Å². The molecular formula is C16H15ClN4. The van der Waals surface area contributed by atoms with Gasteiger partial charge in [0.15, 0.2) is 0 Å². The molecule has 1 atom stereocenters. The van der Waals surface area contributed by atoms with E-state index in [1.165, 1.54) is 0 Å². The van der Waals surface area contributed by atoms with E-state index in [1.54, 1.807) is 18.6 Å². The highest BCUT2D eigenvalue weighted by Crippen LogP contribution is 2.24. The van der Waals surface area contributed by atoms with Crippen molar-refractivity contribution in [3.05, 3.63) is 71.1 Å². The van der Waals surface area contributed by atoms with Crippen LogP contribution in [0.5, 0.6) is 0 Å². The number of hydrogen-bond acceptors (Lipinski definition) is 4. The van der Waals surface area contributed by atoms with Crippen LogP contribution in [0.2, 0.25) is 5.02 Å². The number of benzene rings is 1. The van der Waals surface area contributed by atoms with Crippen molar-refractivity contribution in [2.45, 2.75) is 12.5 Å². The molecule has 2 heterocycles. The van der Waals surface area contributed by atoms with E-state index < -0.39 is 0 Å². The van der Waals surface area contributed by atoms with Gasteiger partial charge in [-0.2, -0.15) is 0 Å². The molecule has 0 amide bonds. The average molecular weight is 299 g/mol. The van der Waals surface area contributed by atoms with Crippen molar-refractivity contribution in [1.29, 1.82) is 0 Å². The molecule has 2 aromatic heterocycles. The summed E-state index contributed by atoms with van der Waals surface area (Å²) >= 11 is 6.17. The molecule has 0 aliphatic rings. The van der Waals surface area contributed by atoms with Crippen LogP contribution in [-0.2, 0) is 6.42 Å². The van der Waals surface area contributed by atoms with E-state index in [1.807, 2.05) is 30.3 Å². The highest BCUT2D eigenvalue weighted by Gasteiger charge is 2.13. The number of nitrogens with one attached hydrogen (secondary N) is 1. The van der Waals surface area contributed by atoms with E-state index in [2.05, 4.69) is 21.5 Å². The fourth-order valence-corrected chi connectivity index (χ4v) is 2.57. The highest BCUT2D eigenvalue weighted by atomic mass is 35.5. The normalized spacial score (nSPS) is 12.5. The van der Waals surface area contributed by atoms with Crippen LogP contribution >= 0.6 is 11.6 Å². The molecule has 0 radical (unpaired) electrons. The third-order valence-corrected chi connectivity index (χ3v) is 3.85. The summed E-state index contributed by atoms with van der Waals surface area (Å²) < 4.78 is 0. The molecule has 0 saturated carbocycles. The maximum absolute atomic E-state index is 6.17. The lowest BCUT2D eigenvalue weighted by Crippen LogP contribution is -2.29. The van der Waals surface area contributed by atoms with Gasteiger partial charge >= 0.3 is 0 Å². The third-order valence-electron chi connectivity index (χ3n) is 3.51. The zero-order valence-corrected chi connectivity index (χ0v) is 12.1. The van der Waals surface area contributed by atoms with Gasteiger partial charge in [-0.15, -0.1) is 0 Å². The Kier molecular flexibility index (Phi) is 4.10. The summed E-state index contributed by atoms with van der Waals surface area (Å²) in [5, 5.41) is 1.75. The molecule has 0 fully saturated rings. The molecule has 0 spiro atoms. The Morgan fingerprint density at radius 2 is 2.10 bits per heavy atom. The molecule has 3 N–H and O–H groups in total. The predicted molar refractivity (Wildman–Crippen MR) is 84.8 cm³/mol. The molecule has 1 unspecified atom stereocenters. The van der Waals surface area contributed by atoms with Crippen molar-refractivity contribution in [1.82, 2.24) is 15.4 Å². The van der Waals surface area contributed by atoms with Gasteiger partial charge in [-0.1, -0.05) is 23.7 Å². The minimum atomic E-state index is -0.0190. The minimum Gasteiger partial charge on any atom is -0.271 e. The van der Waals surface area contributed by atoms with Crippen molar-refractivity contribution in [3.8, 4) is 0 Å². The van der Waals surface area contributed by atoms with Crippen LogP contribution in [0.25, 0.3) is 10.9 Å². The lowest BCUT2D eigenvalue weighted by Gasteiger charge is -2.17. The second-order valence-electron chi connectivity index (χ2n) is 4.85. The fourth-order valence-electron chi connectivity index (χ4n) is 2.37. The Morgan fingerprint density at radius 3 is 2.90 bits per heavy atom. The van der Waals surface area contributed by atoms with Gasteiger partial charge in [-0.3, -0.25) is 21.2 Å². The number of rotatable bonds is 4. The van der Waals surface area contributed by atoms with Crippen LogP contribution in [0.15, 0.2) is 55.0 Å². The number of pyridine rings is 2. The highest BCUT2D eigenvalue weighted by molar-refractivity contribution is 6.31. The van der Waals surface area contributed by atoms with Crippen LogP contribution in [0.4, 0.5) is 0 Å². The molecule has 3 aromatic rings. The topological polar surface area (TPSA) is 63.8 Å². The molecule has 0 aliphatic heterocycles. The number of hydrogen-bond donors (Lipinski definition) is 2. The number of nitrogens with two attached hydrogens (primary N) is 1. The van der Waals surface area contributed by atoms with Crippen LogP contribution in [0.1, 0.15) is 17.2 Å². The summed E-state index contributed by atoms with van der Waals surface area (Å²) in [5.41, 5.74) is 5.95. The van der Waals surface area contributed by atoms with E-state index in [0.717, 1.165) is 22.0 Å².